The van der Waals surface area contributed by atoms with Crippen LogP contribution in [-0.4, -0.2) is 44.8 Å². The molecule has 0 radical (unpaired) electrons. The summed E-state index contributed by atoms with van der Waals surface area (Å²) in [6.45, 7) is 3.00. The molecular weight excluding hydrogens is 359 g/mol. The molecule has 1 amide bonds. The fourth-order valence-corrected chi connectivity index (χ4v) is 3.36. The summed E-state index contributed by atoms with van der Waals surface area (Å²) < 4.78 is 21.1. The number of hydrogen-bond acceptors (Lipinski definition) is 4. The van der Waals surface area contributed by atoms with Gasteiger partial charge in [0.05, 0.1) is 5.69 Å². The molecule has 0 atom stereocenters. The number of benzene rings is 1. The molecule has 1 aromatic carbocycles. The molecule has 0 bridgehead atoms. The molecule has 144 valence electrons. The van der Waals surface area contributed by atoms with Crippen molar-refractivity contribution >= 4 is 5.91 Å². The van der Waals surface area contributed by atoms with Crippen LogP contribution in [0.3, 0.4) is 0 Å². The van der Waals surface area contributed by atoms with E-state index in [1.54, 1.807) is 15.6 Å². The Labute approximate surface area is 162 Å². The molecule has 0 saturated carbocycles. The van der Waals surface area contributed by atoms with Crippen LogP contribution >= 0.6 is 0 Å². The third-order valence-corrected chi connectivity index (χ3v) is 4.84. The molecular formula is C21H21FN4O2. The number of carbonyl (C=O) groups excluding carboxylic acids is 1. The maximum absolute atomic E-state index is 13.7. The van der Waals surface area contributed by atoms with Crippen molar-refractivity contribution in [1.82, 2.24) is 19.7 Å². The van der Waals surface area contributed by atoms with Crippen molar-refractivity contribution < 1.29 is 13.9 Å². The van der Waals surface area contributed by atoms with Crippen LogP contribution in [0.4, 0.5) is 4.39 Å². The first kappa shape index (κ1) is 18.2. The lowest BCUT2D eigenvalue weighted by molar-refractivity contribution is 0.0574. The molecule has 0 aliphatic carbocycles. The lowest BCUT2D eigenvalue weighted by atomic mass is 10.1. The van der Waals surface area contributed by atoms with Gasteiger partial charge in [0.15, 0.2) is 11.5 Å². The minimum absolute atomic E-state index is 0.0181. The summed E-state index contributed by atoms with van der Waals surface area (Å²) in [6.07, 6.45) is 2.60. The molecule has 1 fully saturated rings. The number of nitrogens with zero attached hydrogens (tertiary/aromatic N) is 4. The van der Waals surface area contributed by atoms with Gasteiger partial charge in [-0.3, -0.25) is 4.79 Å². The summed E-state index contributed by atoms with van der Waals surface area (Å²) in [5.74, 6) is -0.548. The Kier molecular flexibility index (Phi) is 5.06. The second-order valence-corrected chi connectivity index (χ2v) is 6.82. The summed E-state index contributed by atoms with van der Waals surface area (Å²) in [6, 6.07) is 14.4. The first-order chi connectivity index (χ1) is 13.6. The molecule has 0 spiro atoms. The molecule has 3 heterocycles. The van der Waals surface area contributed by atoms with Gasteiger partial charge in [-0.25, -0.2) is 14.1 Å². The number of carbonyl (C=O) groups is 1. The highest BCUT2D eigenvalue weighted by atomic mass is 19.1. The number of halogens is 1. The van der Waals surface area contributed by atoms with E-state index in [4.69, 9.17) is 4.74 Å². The van der Waals surface area contributed by atoms with Crippen LogP contribution < -0.4 is 4.74 Å². The van der Waals surface area contributed by atoms with Gasteiger partial charge in [-0.2, -0.15) is 5.10 Å². The first-order valence-corrected chi connectivity index (χ1v) is 9.30. The van der Waals surface area contributed by atoms with Crippen LogP contribution in [0.2, 0.25) is 0 Å². The Morgan fingerprint density at radius 1 is 1.14 bits per heavy atom. The van der Waals surface area contributed by atoms with E-state index in [2.05, 4.69) is 10.1 Å². The molecule has 6 nitrogen and oxygen atoms in total. The maximum atomic E-state index is 13.7. The number of aromatic nitrogens is 3. The SMILES string of the molecule is Cc1cc(C(=O)N2CCC(Oc3ncccc3F)CC2)nn1-c1ccccc1. The van der Waals surface area contributed by atoms with E-state index in [-0.39, 0.29) is 17.9 Å². The van der Waals surface area contributed by atoms with E-state index in [1.807, 2.05) is 37.3 Å². The summed E-state index contributed by atoms with van der Waals surface area (Å²) in [5, 5.41) is 4.49. The number of aryl methyl sites for hydroxylation is 1. The normalized spacial score (nSPS) is 14.9. The number of amides is 1. The van der Waals surface area contributed by atoms with Crippen molar-refractivity contribution in [3.63, 3.8) is 0 Å². The topological polar surface area (TPSA) is 60.3 Å². The van der Waals surface area contributed by atoms with Gasteiger partial charge in [-0.15, -0.1) is 0 Å². The highest BCUT2D eigenvalue weighted by Gasteiger charge is 2.27. The third-order valence-electron chi connectivity index (χ3n) is 4.84. The van der Waals surface area contributed by atoms with Crippen molar-refractivity contribution in [1.29, 1.82) is 0 Å². The van der Waals surface area contributed by atoms with Crippen LogP contribution in [0.5, 0.6) is 5.88 Å². The second kappa shape index (κ2) is 7.80. The van der Waals surface area contributed by atoms with Crippen LogP contribution in [0, 0.1) is 12.7 Å². The van der Waals surface area contributed by atoms with Crippen LogP contribution in [0.15, 0.2) is 54.7 Å². The molecule has 28 heavy (non-hydrogen) atoms. The van der Waals surface area contributed by atoms with Gasteiger partial charge in [0, 0.05) is 37.8 Å². The Bertz CT molecular complexity index is 966. The first-order valence-electron chi connectivity index (χ1n) is 9.30. The van der Waals surface area contributed by atoms with Crippen molar-refractivity contribution in [3.05, 3.63) is 71.9 Å². The average molecular weight is 380 g/mol. The highest BCUT2D eigenvalue weighted by Crippen LogP contribution is 2.21. The average Bonchev–Trinajstić information content (AvgIpc) is 3.12. The number of ether oxygens (including phenoxy) is 1. The van der Waals surface area contributed by atoms with Gasteiger partial charge in [-0.1, -0.05) is 18.2 Å². The van der Waals surface area contributed by atoms with Crippen molar-refractivity contribution in [2.75, 3.05) is 13.1 Å². The summed E-state index contributed by atoms with van der Waals surface area (Å²) >= 11 is 0. The predicted octanol–water partition coefficient (Wildman–Crippen LogP) is 3.40. The fraction of sp³-hybridized carbons (Fsp3) is 0.286. The van der Waals surface area contributed by atoms with E-state index in [1.165, 1.54) is 18.3 Å². The highest BCUT2D eigenvalue weighted by molar-refractivity contribution is 5.92. The predicted molar refractivity (Wildman–Crippen MR) is 102 cm³/mol. The van der Waals surface area contributed by atoms with Crippen LogP contribution in [-0.2, 0) is 0 Å². The smallest absolute Gasteiger partial charge is 0.274 e. The van der Waals surface area contributed by atoms with Crippen molar-refractivity contribution in [2.24, 2.45) is 0 Å². The Balaban J connectivity index is 1.40. The van der Waals surface area contributed by atoms with Crippen LogP contribution in [0.25, 0.3) is 5.69 Å². The molecule has 0 N–H and O–H groups in total. The zero-order valence-corrected chi connectivity index (χ0v) is 15.6. The number of hydrogen-bond donors (Lipinski definition) is 0. The Morgan fingerprint density at radius 3 is 2.61 bits per heavy atom. The minimum atomic E-state index is -0.470. The summed E-state index contributed by atoms with van der Waals surface area (Å²) in [7, 11) is 0. The van der Waals surface area contributed by atoms with Crippen molar-refractivity contribution in [3.8, 4) is 11.6 Å². The van der Waals surface area contributed by atoms with Gasteiger partial charge in [0.1, 0.15) is 6.10 Å². The maximum Gasteiger partial charge on any atom is 0.274 e. The molecule has 1 aliphatic rings. The lowest BCUT2D eigenvalue weighted by Crippen LogP contribution is -2.42. The molecule has 7 heteroatoms. The number of pyridine rings is 1. The Hall–Kier alpha value is -3.22. The van der Waals surface area contributed by atoms with Gasteiger partial charge < -0.3 is 9.64 Å². The standard InChI is InChI=1S/C21H21FN4O2/c1-15-14-19(24-26(15)16-6-3-2-4-7-16)21(27)25-12-9-17(10-13-25)28-20-18(22)8-5-11-23-20/h2-8,11,14,17H,9-10,12-13H2,1H3. The van der Waals surface area contributed by atoms with E-state index in [0.717, 1.165) is 11.4 Å². The van der Waals surface area contributed by atoms with Gasteiger partial charge in [0.2, 0.25) is 0 Å². The summed E-state index contributed by atoms with van der Waals surface area (Å²) in [5.41, 5.74) is 2.25. The number of piperidine rings is 1. The van der Waals surface area contributed by atoms with Gasteiger partial charge in [0.25, 0.3) is 11.8 Å². The van der Waals surface area contributed by atoms with E-state index in [9.17, 15) is 9.18 Å². The molecule has 4 rings (SSSR count). The number of para-hydroxylation sites is 1. The van der Waals surface area contributed by atoms with Gasteiger partial charge in [-0.05, 0) is 37.3 Å². The monoisotopic (exact) mass is 380 g/mol. The molecule has 1 aliphatic heterocycles. The second-order valence-electron chi connectivity index (χ2n) is 6.82. The molecule has 0 unspecified atom stereocenters. The third kappa shape index (κ3) is 3.74. The van der Waals surface area contributed by atoms with E-state index < -0.39 is 5.82 Å². The number of rotatable bonds is 4. The Morgan fingerprint density at radius 2 is 1.89 bits per heavy atom. The van der Waals surface area contributed by atoms with Gasteiger partial charge >= 0.3 is 0 Å². The quantitative estimate of drug-likeness (QED) is 0.696. The van der Waals surface area contributed by atoms with Crippen molar-refractivity contribution in [2.45, 2.75) is 25.9 Å². The summed E-state index contributed by atoms with van der Waals surface area (Å²) in [4.78, 5) is 18.5. The zero-order valence-electron chi connectivity index (χ0n) is 15.6. The lowest BCUT2D eigenvalue weighted by Gasteiger charge is -2.31. The van der Waals surface area contributed by atoms with E-state index >= 15 is 0 Å². The van der Waals surface area contributed by atoms with E-state index in [0.29, 0.717) is 31.6 Å². The van der Waals surface area contributed by atoms with Crippen LogP contribution in [0.1, 0.15) is 29.0 Å². The fourth-order valence-electron chi connectivity index (χ4n) is 3.36. The zero-order chi connectivity index (χ0) is 19.5. The molecule has 1 saturated heterocycles. The number of likely N-dealkylation sites (tertiary alicyclic amines) is 1. The minimum Gasteiger partial charge on any atom is -0.472 e. The largest absolute Gasteiger partial charge is 0.472 e. The molecule has 2 aromatic heterocycles. The molecule has 3 aromatic rings.